The number of rotatable bonds is 0. The summed E-state index contributed by atoms with van der Waals surface area (Å²) in [6.07, 6.45) is 7.16. The van der Waals surface area contributed by atoms with Crippen LogP contribution in [0, 0.1) is 11.8 Å². The summed E-state index contributed by atoms with van der Waals surface area (Å²) >= 11 is 0. The van der Waals surface area contributed by atoms with Gasteiger partial charge in [0, 0.05) is 17.4 Å². The summed E-state index contributed by atoms with van der Waals surface area (Å²) in [6, 6.07) is 0. The van der Waals surface area contributed by atoms with Crippen molar-refractivity contribution >= 4 is 11.8 Å². The van der Waals surface area contributed by atoms with Gasteiger partial charge in [-0.3, -0.25) is 4.79 Å². The first-order chi connectivity index (χ1) is 11.3. The van der Waals surface area contributed by atoms with Crippen molar-refractivity contribution in [1.82, 2.24) is 0 Å². The van der Waals surface area contributed by atoms with Crippen molar-refractivity contribution in [3.05, 3.63) is 23.8 Å². The van der Waals surface area contributed by atoms with Crippen LogP contribution in [0.2, 0.25) is 0 Å². The van der Waals surface area contributed by atoms with Crippen molar-refractivity contribution < 1.29 is 19.1 Å². The van der Waals surface area contributed by atoms with Crippen molar-refractivity contribution in [3.8, 4) is 0 Å². The Hall–Kier alpha value is -1.42. The van der Waals surface area contributed by atoms with Crippen LogP contribution in [0.25, 0.3) is 0 Å². The SMILES string of the molecule is C=C1C(=O)OC2C(=O)[C@H](C)CCC/C(C)=C/CC[C@@]3(C)O[C@@H]3C[C@@H]12. The molecule has 2 aliphatic heterocycles. The molecular weight excluding hydrogens is 304 g/mol. The van der Waals surface area contributed by atoms with E-state index in [0.29, 0.717) is 12.0 Å². The van der Waals surface area contributed by atoms with Crippen molar-refractivity contribution in [3.63, 3.8) is 0 Å². The number of allylic oxidation sites excluding steroid dienone is 2. The fraction of sp³-hybridized carbons (Fsp3) is 0.700. The van der Waals surface area contributed by atoms with E-state index in [1.165, 1.54) is 5.57 Å². The quantitative estimate of drug-likeness (QED) is 0.293. The molecule has 0 bridgehead atoms. The molecule has 0 aromatic heterocycles. The van der Waals surface area contributed by atoms with Gasteiger partial charge >= 0.3 is 5.97 Å². The summed E-state index contributed by atoms with van der Waals surface area (Å²) in [5.74, 6) is -0.722. The number of carbonyl (C=O) groups is 2. The van der Waals surface area contributed by atoms with Crippen LogP contribution in [0.15, 0.2) is 23.8 Å². The lowest BCUT2D eigenvalue weighted by atomic mass is 9.82. The lowest BCUT2D eigenvalue weighted by molar-refractivity contribution is -0.148. The van der Waals surface area contributed by atoms with Gasteiger partial charge in [0.1, 0.15) is 0 Å². The average molecular weight is 332 g/mol. The number of fused-ring (bicyclic) bond motifs is 2. The number of epoxide rings is 1. The molecule has 3 rings (SSSR count). The van der Waals surface area contributed by atoms with Crippen molar-refractivity contribution in [1.29, 1.82) is 0 Å². The lowest BCUT2D eigenvalue weighted by Crippen LogP contribution is -2.33. The standard InChI is InChI=1S/C20H28O4/c1-12-7-5-9-13(2)17(21)18-15(14(3)19(22)23-18)11-16-20(4,24-16)10-6-8-12/h8,13,15-16,18H,3,5-7,9-11H2,1-2,4H3/b12-8+/t13-,15+,16-,18?,20-/m1/s1. The van der Waals surface area contributed by atoms with Gasteiger partial charge in [-0.25, -0.2) is 4.79 Å². The Morgan fingerprint density at radius 3 is 2.83 bits per heavy atom. The Balaban J connectivity index is 1.81. The van der Waals surface area contributed by atoms with Gasteiger partial charge in [-0.15, -0.1) is 0 Å². The number of ketones is 1. The Labute approximate surface area is 144 Å². The topological polar surface area (TPSA) is 55.9 Å². The molecule has 24 heavy (non-hydrogen) atoms. The monoisotopic (exact) mass is 332 g/mol. The lowest BCUT2D eigenvalue weighted by Gasteiger charge is -2.20. The van der Waals surface area contributed by atoms with Gasteiger partial charge in [0.05, 0.1) is 11.7 Å². The largest absolute Gasteiger partial charge is 0.450 e. The highest BCUT2D eigenvalue weighted by atomic mass is 16.6. The van der Waals surface area contributed by atoms with Crippen LogP contribution in [-0.4, -0.2) is 29.6 Å². The van der Waals surface area contributed by atoms with Gasteiger partial charge in [-0.2, -0.15) is 0 Å². The molecule has 1 aliphatic carbocycles. The fourth-order valence-corrected chi connectivity index (χ4v) is 3.99. The number of Topliss-reactive ketones (excluding diaryl/α,β-unsaturated/α-hetero) is 1. The number of ether oxygens (including phenoxy) is 2. The molecule has 0 saturated carbocycles. The highest BCUT2D eigenvalue weighted by molar-refractivity contribution is 5.98. The molecule has 4 heteroatoms. The Bertz CT molecular complexity index is 590. The van der Waals surface area contributed by atoms with Gasteiger partial charge in [0.15, 0.2) is 11.9 Å². The molecule has 0 spiro atoms. The van der Waals surface area contributed by atoms with Gasteiger partial charge in [-0.05, 0) is 52.4 Å². The molecule has 1 unspecified atom stereocenters. The maximum absolute atomic E-state index is 12.8. The molecule has 0 aromatic carbocycles. The minimum atomic E-state index is -0.673. The number of carbonyl (C=O) groups excluding carboxylic acids is 2. The minimum Gasteiger partial charge on any atom is -0.450 e. The third-order valence-electron chi connectivity index (χ3n) is 5.92. The highest BCUT2D eigenvalue weighted by Crippen LogP contribution is 2.47. The van der Waals surface area contributed by atoms with Crippen LogP contribution in [-0.2, 0) is 19.1 Å². The Morgan fingerprint density at radius 1 is 1.33 bits per heavy atom. The zero-order valence-corrected chi connectivity index (χ0v) is 15.0. The van der Waals surface area contributed by atoms with E-state index in [1.54, 1.807) is 0 Å². The smallest absolute Gasteiger partial charge is 0.334 e. The summed E-state index contributed by atoms with van der Waals surface area (Å²) in [7, 11) is 0. The summed E-state index contributed by atoms with van der Waals surface area (Å²) in [4.78, 5) is 24.8. The predicted octanol–water partition coefficient (Wildman–Crippen LogP) is 3.75. The van der Waals surface area contributed by atoms with Gasteiger partial charge in [0.2, 0.25) is 0 Å². The summed E-state index contributed by atoms with van der Waals surface area (Å²) in [5, 5.41) is 0. The van der Waals surface area contributed by atoms with Crippen molar-refractivity contribution in [2.75, 3.05) is 0 Å². The van der Waals surface area contributed by atoms with Gasteiger partial charge < -0.3 is 9.47 Å². The Kier molecular flexibility index (Phi) is 4.69. The van der Waals surface area contributed by atoms with Crippen molar-refractivity contribution in [2.45, 2.75) is 77.1 Å². The molecule has 0 N–H and O–H groups in total. The maximum atomic E-state index is 12.8. The molecular formula is C20H28O4. The number of hydrogen-bond acceptors (Lipinski definition) is 4. The maximum Gasteiger partial charge on any atom is 0.334 e. The van der Waals surface area contributed by atoms with E-state index in [-0.39, 0.29) is 29.3 Å². The van der Waals surface area contributed by atoms with E-state index in [4.69, 9.17) is 9.47 Å². The summed E-state index contributed by atoms with van der Waals surface area (Å²) < 4.78 is 11.3. The highest BCUT2D eigenvalue weighted by Gasteiger charge is 2.55. The van der Waals surface area contributed by atoms with E-state index in [2.05, 4.69) is 26.5 Å². The van der Waals surface area contributed by atoms with Crippen molar-refractivity contribution in [2.24, 2.45) is 11.8 Å². The van der Waals surface area contributed by atoms with Gasteiger partial charge in [-0.1, -0.05) is 25.2 Å². The molecule has 2 heterocycles. The van der Waals surface area contributed by atoms with E-state index in [0.717, 1.165) is 32.1 Å². The molecule has 0 amide bonds. The molecule has 5 atom stereocenters. The summed E-state index contributed by atoms with van der Waals surface area (Å²) in [5.41, 5.74) is 1.67. The Morgan fingerprint density at radius 2 is 2.08 bits per heavy atom. The third kappa shape index (κ3) is 3.34. The second-order valence-corrected chi connectivity index (χ2v) is 7.90. The third-order valence-corrected chi connectivity index (χ3v) is 5.92. The predicted molar refractivity (Wildman–Crippen MR) is 91.4 cm³/mol. The first-order valence-electron chi connectivity index (χ1n) is 9.09. The average Bonchev–Trinajstić information content (AvgIpc) is 3.08. The number of hydrogen-bond donors (Lipinski definition) is 0. The van der Waals surface area contributed by atoms with Gasteiger partial charge in [0.25, 0.3) is 0 Å². The van der Waals surface area contributed by atoms with E-state index < -0.39 is 12.1 Å². The van der Waals surface area contributed by atoms with E-state index >= 15 is 0 Å². The normalized spacial score (nSPS) is 43.1. The second kappa shape index (κ2) is 6.47. The van der Waals surface area contributed by atoms with E-state index in [1.807, 2.05) is 6.92 Å². The molecule has 3 aliphatic rings. The van der Waals surface area contributed by atoms with Crippen LogP contribution in [0.4, 0.5) is 0 Å². The zero-order valence-electron chi connectivity index (χ0n) is 15.0. The first-order valence-corrected chi connectivity index (χ1v) is 9.09. The molecule has 2 fully saturated rings. The first kappa shape index (κ1) is 17.4. The molecule has 4 nitrogen and oxygen atoms in total. The van der Waals surface area contributed by atoms with Crippen LogP contribution in [0.3, 0.4) is 0 Å². The molecule has 132 valence electrons. The molecule has 0 radical (unpaired) electrons. The zero-order chi connectivity index (χ0) is 17.5. The van der Waals surface area contributed by atoms with E-state index in [9.17, 15) is 9.59 Å². The minimum absolute atomic E-state index is 0.0352. The van der Waals surface area contributed by atoms with Crippen LogP contribution in [0.5, 0.6) is 0 Å². The second-order valence-electron chi connectivity index (χ2n) is 7.90. The van der Waals surface area contributed by atoms with Crippen LogP contribution in [0.1, 0.15) is 59.3 Å². The molecule has 0 aromatic rings. The van der Waals surface area contributed by atoms with Crippen LogP contribution < -0.4 is 0 Å². The fourth-order valence-electron chi connectivity index (χ4n) is 3.99. The number of esters is 1. The molecule has 2 saturated heterocycles. The van der Waals surface area contributed by atoms with Crippen LogP contribution >= 0.6 is 0 Å². The summed E-state index contributed by atoms with van der Waals surface area (Å²) in [6.45, 7) is 10.1.